The van der Waals surface area contributed by atoms with Gasteiger partial charge in [-0.05, 0) is 25.8 Å². The Morgan fingerprint density at radius 2 is 2.00 bits per heavy atom. The highest BCUT2D eigenvalue weighted by Crippen LogP contribution is 2.48. The van der Waals surface area contributed by atoms with Gasteiger partial charge in [0.15, 0.2) is 0 Å². The first-order valence-corrected chi connectivity index (χ1v) is 3.69. The number of hydrogen-bond acceptors (Lipinski definition) is 1. The molecule has 11 heavy (non-hydrogen) atoms. The second kappa shape index (κ2) is 2.37. The number of hydrogen-bond donors (Lipinski definition) is 1. The highest BCUT2D eigenvalue weighted by atomic mass is 19.4. The molecule has 1 rings (SSSR count). The lowest BCUT2D eigenvalue weighted by molar-refractivity contribution is -0.235. The molecule has 1 saturated carbocycles. The van der Waals surface area contributed by atoms with Crippen LogP contribution >= 0.6 is 0 Å². The summed E-state index contributed by atoms with van der Waals surface area (Å²) >= 11 is 0. The van der Waals surface area contributed by atoms with Gasteiger partial charge in [-0.1, -0.05) is 6.92 Å². The first kappa shape index (κ1) is 8.84. The molecule has 1 aliphatic rings. The Morgan fingerprint density at radius 1 is 1.45 bits per heavy atom. The van der Waals surface area contributed by atoms with E-state index in [0.29, 0.717) is 6.42 Å². The van der Waals surface area contributed by atoms with E-state index in [-0.39, 0.29) is 12.3 Å². The molecule has 1 N–H and O–H groups in total. The van der Waals surface area contributed by atoms with Crippen molar-refractivity contribution in [3.63, 3.8) is 0 Å². The maximum Gasteiger partial charge on any atom is 0.406 e. The fourth-order valence-electron chi connectivity index (χ4n) is 1.66. The van der Waals surface area contributed by atoms with Crippen molar-refractivity contribution in [1.29, 1.82) is 0 Å². The Labute approximate surface area is 64.0 Å². The minimum absolute atomic E-state index is 0.216. The molecule has 0 bridgehead atoms. The molecule has 0 amide bonds. The fourth-order valence-corrected chi connectivity index (χ4v) is 1.66. The highest BCUT2D eigenvalue weighted by Gasteiger charge is 2.61. The van der Waals surface area contributed by atoms with Crippen molar-refractivity contribution >= 4 is 0 Å². The molecule has 0 saturated heterocycles. The predicted molar refractivity (Wildman–Crippen MR) is 36.2 cm³/mol. The van der Waals surface area contributed by atoms with E-state index in [4.69, 9.17) is 0 Å². The summed E-state index contributed by atoms with van der Waals surface area (Å²) in [5.74, 6) is -0.285. The first-order chi connectivity index (χ1) is 4.94. The van der Waals surface area contributed by atoms with Crippen LogP contribution in [-0.4, -0.2) is 18.8 Å². The van der Waals surface area contributed by atoms with Gasteiger partial charge in [0.05, 0.1) is 0 Å². The lowest BCUT2D eigenvalue weighted by Gasteiger charge is -2.48. The maximum atomic E-state index is 12.3. The monoisotopic (exact) mass is 167 g/mol. The van der Waals surface area contributed by atoms with E-state index in [2.05, 4.69) is 5.32 Å². The highest BCUT2D eigenvalue weighted by molar-refractivity contribution is 5.05. The third-order valence-electron chi connectivity index (χ3n) is 2.76. The standard InChI is InChI=1S/C7H12F3N/c1-5-3-4-6(5,11-2)7(8,9)10/h5,11H,3-4H2,1-2H3. The van der Waals surface area contributed by atoms with E-state index < -0.39 is 11.7 Å². The average Bonchev–Trinajstić information content (AvgIpc) is 1.84. The van der Waals surface area contributed by atoms with Crippen molar-refractivity contribution < 1.29 is 13.2 Å². The van der Waals surface area contributed by atoms with Crippen LogP contribution in [0.2, 0.25) is 0 Å². The average molecular weight is 167 g/mol. The molecule has 0 aliphatic heterocycles. The molecule has 66 valence electrons. The van der Waals surface area contributed by atoms with E-state index in [1.807, 2.05) is 0 Å². The molecule has 0 aromatic carbocycles. The van der Waals surface area contributed by atoms with Crippen LogP contribution in [0.1, 0.15) is 19.8 Å². The van der Waals surface area contributed by atoms with Crippen molar-refractivity contribution in [3.05, 3.63) is 0 Å². The zero-order valence-electron chi connectivity index (χ0n) is 6.63. The predicted octanol–water partition coefficient (Wildman–Crippen LogP) is 1.94. The molecule has 1 nitrogen and oxygen atoms in total. The fraction of sp³-hybridized carbons (Fsp3) is 1.00. The third-order valence-corrected chi connectivity index (χ3v) is 2.76. The van der Waals surface area contributed by atoms with Crippen LogP contribution in [0.15, 0.2) is 0 Å². The molecule has 0 radical (unpaired) electrons. The van der Waals surface area contributed by atoms with Gasteiger partial charge < -0.3 is 5.32 Å². The Hall–Kier alpha value is -0.250. The topological polar surface area (TPSA) is 12.0 Å². The molecule has 0 heterocycles. The first-order valence-electron chi connectivity index (χ1n) is 3.69. The maximum absolute atomic E-state index is 12.3. The van der Waals surface area contributed by atoms with Crippen molar-refractivity contribution in [2.75, 3.05) is 7.05 Å². The van der Waals surface area contributed by atoms with E-state index in [1.54, 1.807) is 6.92 Å². The van der Waals surface area contributed by atoms with Gasteiger partial charge in [0, 0.05) is 0 Å². The smallest absolute Gasteiger partial charge is 0.306 e. The van der Waals surface area contributed by atoms with E-state index in [1.165, 1.54) is 7.05 Å². The molecule has 2 atom stereocenters. The van der Waals surface area contributed by atoms with Gasteiger partial charge in [-0.3, -0.25) is 0 Å². The zero-order valence-corrected chi connectivity index (χ0v) is 6.63. The normalized spacial score (nSPS) is 38.5. The number of nitrogens with one attached hydrogen (secondary N) is 1. The van der Waals surface area contributed by atoms with Crippen molar-refractivity contribution in [2.24, 2.45) is 5.92 Å². The van der Waals surface area contributed by atoms with Crippen LogP contribution in [-0.2, 0) is 0 Å². The van der Waals surface area contributed by atoms with Gasteiger partial charge >= 0.3 is 6.18 Å². The van der Waals surface area contributed by atoms with Crippen LogP contribution in [0.3, 0.4) is 0 Å². The SMILES string of the molecule is CNC1(C(F)(F)F)CCC1C. The van der Waals surface area contributed by atoms with Gasteiger partial charge in [-0.15, -0.1) is 0 Å². The van der Waals surface area contributed by atoms with Crippen LogP contribution in [0.4, 0.5) is 13.2 Å². The molecular formula is C7H12F3N. The van der Waals surface area contributed by atoms with Crippen LogP contribution in [0, 0.1) is 5.92 Å². The summed E-state index contributed by atoms with van der Waals surface area (Å²) < 4.78 is 37.0. The number of rotatable bonds is 1. The molecule has 1 aliphatic carbocycles. The van der Waals surface area contributed by atoms with Crippen molar-refractivity contribution in [2.45, 2.75) is 31.5 Å². The van der Waals surface area contributed by atoms with Crippen LogP contribution in [0.5, 0.6) is 0 Å². The van der Waals surface area contributed by atoms with E-state index in [9.17, 15) is 13.2 Å². The van der Waals surface area contributed by atoms with Gasteiger partial charge in [0.1, 0.15) is 5.54 Å². The Bertz CT molecular complexity index is 150. The van der Waals surface area contributed by atoms with Gasteiger partial charge in [-0.2, -0.15) is 13.2 Å². The second-order valence-corrected chi connectivity index (χ2v) is 3.16. The molecule has 0 spiro atoms. The van der Waals surface area contributed by atoms with E-state index in [0.717, 1.165) is 0 Å². The summed E-state index contributed by atoms with van der Waals surface area (Å²) in [5.41, 5.74) is -1.59. The third kappa shape index (κ3) is 1.04. The van der Waals surface area contributed by atoms with Crippen LogP contribution in [0.25, 0.3) is 0 Å². The Balaban J connectivity index is 2.77. The summed E-state index contributed by atoms with van der Waals surface area (Å²) in [4.78, 5) is 0. The molecule has 1 fully saturated rings. The van der Waals surface area contributed by atoms with Gasteiger partial charge in [0.2, 0.25) is 0 Å². The summed E-state index contributed by atoms with van der Waals surface area (Å²) in [7, 11) is 1.38. The lowest BCUT2D eigenvalue weighted by Crippen LogP contribution is -2.65. The largest absolute Gasteiger partial charge is 0.406 e. The number of halogens is 3. The van der Waals surface area contributed by atoms with E-state index >= 15 is 0 Å². The molecule has 2 unspecified atom stereocenters. The molecule has 4 heteroatoms. The zero-order chi connectivity index (χ0) is 8.70. The van der Waals surface area contributed by atoms with Gasteiger partial charge in [0.25, 0.3) is 0 Å². The van der Waals surface area contributed by atoms with Crippen LogP contribution < -0.4 is 5.32 Å². The van der Waals surface area contributed by atoms with Gasteiger partial charge in [-0.25, -0.2) is 0 Å². The minimum Gasteiger partial charge on any atom is -0.306 e. The number of alkyl halides is 3. The second-order valence-electron chi connectivity index (χ2n) is 3.16. The summed E-state index contributed by atoms with van der Waals surface area (Å²) in [6.07, 6.45) is -3.21. The summed E-state index contributed by atoms with van der Waals surface area (Å²) in [6, 6.07) is 0. The lowest BCUT2D eigenvalue weighted by atomic mass is 9.67. The summed E-state index contributed by atoms with van der Waals surface area (Å²) in [6.45, 7) is 1.63. The van der Waals surface area contributed by atoms with Crippen molar-refractivity contribution in [1.82, 2.24) is 5.32 Å². The molecule has 0 aromatic rings. The summed E-state index contributed by atoms with van der Waals surface area (Å²) in [5, 5.41) is 2.38. The minimum atomic E-state index is -4.10. The Kier molecular flexibility index (Phi) is 1.90. The molecular weight excluding hydrogens is 155 g/mol. The van der Waals surface area contributed by atoms with Crippen molar-refractivity contribution in [3.8, 4) is 0 Å². The quantitative estimate of drug-likeness (QED) is 0.629. The Morgan fingerprint density at radius 3 is 2.00 bits per heavy atom. The molecule has 0 aromatic heterocycles.